The maximum absolute atomic E-state index is 12.4. The number of ether oxygens (including phenoxy) is 1. The summed E-state index contributed by atoms with van der Waals surface area (Å²) in [5.74, 6) is 0.164. The molecule has 0 aromatic heterocycles. The van der Waals surface area contributed by atoms with Gasteiger partial charge in [-0.1, -0.05) is 29.8 Å². The molecule has 4 nitrogen and oxygen atoms in total. The van der Waals surface area contributed by atoms with Crippen LogP contribution in [-0.2, 0) is 14.9 Å². The quantitative estimate of drug-likeness (QED) is 0.705. The highest BCUT2D eigenvalue weighted by Crippen LogP contribution is 2.48. The van der Waals surface area contributed by atoms with Crippen molar-refractivity contribution in [1.29, 1.82) is 0 Å². The summed E-state index contributed by atoms with van der Waals surface area (Å²) in [6, 6.07) is 8.29. The second-order valence-electron chi connectivity index (χ2n) is 5.45. The number of methoxy groups -OCH3 is 1. The van der Waals surface area contributed by atoms with E-state index in [4.69, 9.17) is 4.74 Å². The zero-order valence-corrected chi connectivity index (χ0v) is 12.4. The Labute approximate surface area is 120 Å². The van der Waals surface area contributed by atoms with Crippen molar-refractivity contribution in [3.8, 4) is 0 Å². The third kappa shape index (κ3) is 3.58. The number of aryl methyl sites for hydroxylation is 1. The summed E-state index contributed by atoms with van der Waals surface area (Å²) >= 11 is 0. The molecule has 2 N–H and O–H groups in total. The number of carbonyl (C=O) groups is 1. The van der Waals surface area contributed by atoms with Gasteiger partial charge < -0.3 is 15.4 Å². The molecule has 0 atom stereocenters. The van der Waals surface area contributed by atoms with Gasteiger partial charge in [0, 0.05) is 26.7 Å². The van der Waals surface area contributed by atoms with E-state index in [0.717, 1.165) is 31.5 Å². The van der Waals surface area contributed by atoms with Crippen molar-refractivity contribution in [2.24, 2.45) is 0 Å². The lowest BCUT2D eigenvalue weighted by Gasteiger charge is -2.16. The number of carbonyl (C=O) groups excluding carboxylic acids is 1. The maximum atomic E-state index is 12.4. The zero-order chi connectivity index (χ0) is 14.4. The van der Waals surface area contributed by atoms with Crippen LogP contribution in [0.4, 0.5) is 0 Å². The molecule has 0 aliphatic heterocycles. The Balaban J connectivity index is 1.80. The molecule has 1 amide bonds. The van der Waals surface area contributed by atoms with Gasteiger partial charge in [0.15, 0.2) is 0 Å². The fourth-order valence-electron chi connectivity index (χ4n) is 2.45. The normalized spacial score (nSPS) is 15.9. The Bertz CT molecular complexity index is 456. The molecule has 0 saturated heterocycles. The average Bonchev–Trinajstić information content (AvgIpc) is 3.24. The van der Waals surface area contributed by atoms with Crippen molar-refractivity contribution in [2.45, 2.75) is 25.2 Å². The molecule has 0 radical (unpaired) electrons. The van der Waals surface area contributed by atoms with Crippen LogP contribution in [0.3, 0.4) is 0 Å². The lowest BCUT2D eigenvalue weighted by molar-refractivity contribution is -0.123. The Morgan fingerprint density at radius 2 is 2.10 bits per heavy atom. The van der Waals surface area contributed by atoms with Gasteiger partial charge in [-0.05, 0) is 25.3 Å². The molecule has 4 heteroatoms. The summed E-state index contributed by atoms with van der Waals surface area (Å²) in [5.41, 5.74) is 2.10. The van der Waals surface area contributed by atoms with E-state index >= 15 is 0 Å². The minimum atomic E-state index is -0.265. The standard InChI is InChI=1S/C16H24N2O2/c1-13-4-3-5-14(12-13)16(6-7-16)15(19)18-9-8-17-10-11-20-2/h3-5,12,17H,6-11H2,1-2H3,(H,18,19). The van der Waals surface area contributed by atoms with E-state index < -0.39 is 0 Å². The van der Waals surface area contributed by atoms with Gasteiger partial charge in [-0.3, -0.25) is 4.79 Å². The van der Waals surface area contributed by atoms with Crippen LogP contribution in [-0.4, -0.2) is 39.3 Å². The van der Waals surface area contributed by atoms with Crippen molar-refractivity contribution in [3.63, 3.8) is 0 Å². The van der Waals surface area contributed by atoms with Crippen LogP contribution in [0, 0.1) is 6.92 Å². The van der Waals surface area contributed by atoms with Crippen molar-refractivity contribution < 1.29 is 9.53 Å². The average molecular weight is 276 g/mol. The largest absolute Gasteiger partial charge is 0.383 e. The maximum Gasteiger partial charge on any atom is 0.230 e. The molecule has 1 aromatic carbocycles. The van der Waals surface area contributed by atoms with E-state index in [1.807, 2.05) is 6.07 Å². The molecule has 110 valence electrons. The van der Waals surface area contributed by atoms with Crippen LogP contribution in [0.2, 0.25) is 0 Å². The first-order chi connectivity index (χ1) is 9.69. The minimum absolute atomic E-state index is 0.164. The zero-order valence-electron chi connectivity index (χ0n) is 12.4. The monoisotopic (exact) mass is 276 g/mol. The van der Waals surface area contributed by atoms with Crippen molar-refractivity contribution in [2.75, 3.05) is 33.4 Å². The summed E-state index contributed by atoms with van der Waals surface area (Å²) in [4.78, 5) is 12.4. The topological polar surface area (TPSA) is 50.4 Å². The van der Waals surface area contributed by atoms with E-state index in [1.165, 1.54) is 5.56 Å². The van der Waals surface area contributed by atoms with Gasteiger partial charge in [-0.25, -0.2) is 0 Å². The molecule has 1 saturated carbocycles. The first kappa shape index (κ1) is 15.0. The minimum Gasteiger partial charge on any atom is -0.383 e. The number of rotatable bonds is 8. The highest BCUT2D eigenvalue weighted by molar-refractivity contribution is 5.91. The molecule has 1 aliphatic carbocycles. The fraction of sp³-hybridized carbons (Fsp3) is 0.562. The van der Waals surface area contributed by atoms with Crippen molar-refractivity contribution in [1.82, 2.24) is 10.6 Å². The molecular formula is C16H24N2O2. The summed E-state index contributed by atoms with van der Waals surface area (Å²) in [6.07, 6.45) is 1.92. The van der Waals surface area contributed by atoms with Crippen LogP contribution in [0.5, 0.6) is 0 Å². The van der Waals surface area contributed by atoms with Crippen LogP contribution >= 0.6 is 0 Å². The van der Waals surface area contributed by atoms with Gasteiger partial charge in [-0.15, -0.1) is 0 Å². The number of benzene rings is 1. The number of hydrogen-bond acceptors (Lipinski definition) is 3. The molecule has 1 aromatic rings. The molecule has 0 unspecified atom stereocenters. The van der Waals surface area contributed by atoms with Crippen LogP contribution in [0.25, 0.3) is 0 Å². The predicted octanol–water partition coefficient (Wildman–Crippen LogP) is 1.38. The molecule has 1 aliphatic rings. The second-order valence-corrected chi connectivity index (χ2v) is 5.45. The lowest BCUT2D eigenvalue weighted by Crippen LogP contribution is -2.39. The van der Waals surface area contributed by atoms with Crippen LogP contribution in [0.15, 0.2) is 24.3 Å². The Hall–Kier alpha value is -1.39. The van der Waals surface area contributed by atoms with E-state index in [9.17, 15) is 4.79 Å². The molecule has 0 spiro atoms. The number of nitrogens with one attached hydrogen (secondary N) is 2. The molecule has 0 bridgehead atoms. The molecular weight excluding hydrogens is 252 g/mol. The lowest BCUT2D eigenvalue weighted by atomic mass is 9.93. The van der Waals surface area contributed by atoms with Gasteiger partial charge in [0.2, 0.25) is 5.91 Å². The van der Waals surface area contributed by atoms with Crippen LogP contribution in [0.1, 0.15) is 24.0 Å². The SMILES string of the molecule is COCCNCCNC(=O)C1(c2cccc(C)c2)CC1. The van der Waals surface area contributed by atoms with Gasteiger partial charge in [0.25, 0.3) is 0 Å². The Morgan fingerprint density at radius 3 is 2.75 bits per heavy atom. The summed E-state index contributed by atoms with van der Waals surface area (Å²) in [5, 5.41) is 6.26. The molecule has 20 heavy (non-hydrogen) atoms. The van der Waals surface area contributed by atoms with Crippen LogP contribution < -0.4 is 10.6 Å². The summed E-state index contributed by atoms with van der Waals surface area (Å²) in [6.45, 7) is 5.02. The van der Waals surface area contributed by atoms with E-state index in [2.05, 4.69) is 35.8 Å². The highest BCUT2D eigenvalue weighted by Gasteiger charge is 2.50. The van der Waals surface area contributed by atoms with E-state index in [0.29, 0.717) is 13.2 Å². The second kappa shape index (κ2) is 6.86. The predicted molar refractivity (Wildman–Crippen MR) is 79.8 cm³/mol. The van der Waals surface area contributed by atoms with E-state index in [1.54, 1.807) is 7.11 Å². The Morgan fingerprint density at radius 1 is 1.30 bits per heavy atom. The summed E-state index contributed by atoms with van der Waals surface area (Å²) < 4.78 is 4.95. The van der Waals surface area contributed by atoms with Gasteiger partial charge in [0.1, 0.15) is 0 Å². The molecule has 0 heterocycles. The Kier molecular flexibility index (Phi) is 5.15. The number of hydrogen-bond donors (Lipinski definition) is 2. The third-order valence-electron chi connectivity index (χ3n) is 3.83. The van der Waals surface area contributed by atoms with Gasteiger partial charge in [0.05, 0.1) is 12.0 Å². The molecule has 1 fully saturated rings. The number of amides is 1. The smallest absolute Gasteiger partial charge is 0.230 e. The molecule has 2 rings (SSSR count). The van der Waals surface area contributed by atoms with Crippen molar-refractivity contribution in [3.05, 3.63) is 35.4 Å². The fourth-order valence-corrected chi connectivity index (χ4v) is 2.45. The highest BCUT2D eigenvalue weighted by atomic mass is 16.5. The van der Waals surface area contributed by atoms with Gasteiger partial charge in [-0.2, -0.15) is 0 Å². The van der Waals surface area contributed by atoms with Crippen molar-refractivity contribution >= 4 is 5.91 Å². The first-order valence-corrected chi connectivity index (χ1v) is 7.24. The summed E-state index contributed by atoms with van der Waals surface area (Å²) in [7, 11) is 1.68. The van der Waals surface area contributed by atoms with Gasteiger partial charge >= 0.3 is 0 Å². The van der Waals surface area contributed by atoms with E-state index in [-0.39, 0.29) is 11.3 Å². The third-order valence-corrected chi connectivity index (χ3v) is 3.83. The first-order valence-electron chi connectivity index (χ1n) is 7.24.